The van der Waals surface area contributed by atoms with Crippen LogP contribution in [0.1, 0.15) is 30.1 Å². The third-order valence-electron chi connectivity index (χ3n) is 4.90. The lowest BCUT2D eigenvalue weighted by Gasteiger charge is -2.32. The average Bonchev–Trinajstić information content (AvgIpc) is 3.15. The third kappa shape index (κ3) is 4.89. The van der Waals surface area contributed by atoms with Gasteiger partial charge in [0, 0.05) is 36.4 Å². The molecule has 1 saturated heterocycles. The van der Waals surface area contributed by atoms with Gasteiger partial charge in [-0.2, -0.15) is 0 Å². The van der Waals surface area contributed by atoms with Crippen molar-refractivity contribution in [3.63, 3.8) is 0 Å². The Morgan fingerprint density at radius 1 is 1.22 bits per heavy atom. The molecule has 0 aromatic carbocycles. The van der Waals surface area contributed by atoms with Crippen molar-refractivity contribution in [3.05, 3.63) is 60.2 Å². The fraction of sp³-hybridized carbons (Fsp3) is 0.400. The van der Waals surface area contributed by atoms with E-state index in [1.54, 1.807) is 6.33 Å². The molecule has 0 aliphatic carbocycles. The molecule has 7 heteroatoms. The van der Waals surface area contributed by atoms with Crippen molar-refractivity contribution in [2.75, 3.05) is 18.4 Å². The number of piperidine rings is 1. The van der Waals surface area contributed by atoms with E-state index >= 15 is 0 Å². The number of nitrogens with zero attached hydrogens (tertiary/aromatic N) is 5. The molecule has 0 amide bonds. The summed E-state index contributed by atoms with van der Waals surface area (Å²) in [4.78, 5) is 23.3. The Hall–Kier alpha value is -2.80. The highest BCUT2D eigenvalue weighted by Crippen LogP contribution is 2.22. The van der Waals surface area contributed by atoms with Crippen LogP contribution in [0.15, 0.2) is 43.0 Å². The predicted octanol–water partition coefficient (Wildman–Crippen LogP) is 3.10. The van der Waals surface area contributed by atoms with E-state index in [2.05, 4.69) is 35.1 Å². The first-order chi connectivity index (χ1) is 13.2. The summed E-state index contributed by atoms with van der Waals surface area (Å²) in [5.74, 6) is 3.24. The van der Waals surface area contributed by atoms with Gasteiger partial charge in [-0.05, 0) is 50.8 Å². The highest BCUT2D eigenvalue weighted by atomic mass is 15.2. The monoisotopic (exact) mass is 363 g/mol. The maximum atomic E-state index is 4.48. The topological polar surface area (TPSA) is 82.6 Å². The largest absolute Gasteiger partial charge is 0.348 e. The lowest BCUT2D eigenvalue weighted by atomic mass is 9.93. The van der Waals surface area contributed by atoms with Gasteiger partial charge in [0.2, 0.25) is 0 Å². The lowest BCUT2D eigenvalue weighted by molar-refractivity contribution is 0.163. The van der Waals surface area contributed by atoms with E-state index in [-0.39, 0.29) is 0 Å². The summed E-state index contributed by atoms with van der Waals surface area (Å²) < 4.78 is 0. The molecule has 4 heterocycles. The van der Waals surface area contributed by atoms with Gasteiger partial charge in [0.15, 0.2) is 0 Å². The minimum atomic E-state index is 0.605. The van der Waals surface area contributed by atoms with Gasteiger partial charge in [-0.15, -0.1) is 0 Å². The Morgan fingerprint density at radius 3 is 3.04 bits per heavy atom. The Balaban J connectivity index is 1.37. The molecule has 140 valence electrons. The summed E-state index contributed by atoms with van der Waals surface area (Å²) in [6.07, 6.45) is 8.75. The minimum Gasteiger partial charge on any atom is -0.348 e. The van der Waals surface area contributed by atoms with Gasteiger partial charge in [-0.3, -0.25) is 4.90 Å². The van der Waals surface area contributed by atoms with Gasteiger partial charge < -0.3 is 10.3 Å². The normalized spacial score (nSPS) is 17.7. The minimum absolute atomic E-state index is 0.605. The van der Waals surface area contributed by atoms with E-state index in [9.17, 15) is 0 Å². The Labute approximate surface area is 159 Å². The molecule has 1 fully saturated rings. The van der Waals surface area contributed by atoms with Gasteiger partial charge in [0.05, 0.1) is 6.54 Å². The number of nitrogens with one attached hydrogen (secondary N) is 2. The van der Waals surface area contributed by atoms with Crippen molar-refractivity contribution in [2.24, 2.45) is 5.92 Å². The van der Waals surface area contributed by atoms with Crippen LogP contribution in [-0.4, -0.2) is 42.9 Å². The number of pyridine rings is 1. The number of hydrogen-bond acceptors (Lipinski definition) is 6. The number of anilines is 2. The molecule has 3 aromatic rings. The van der Waals surface area contributed by atoms with Crippen LogP contribution in [0.25, 0.3) is 0 Å². The quantitative estimate of drug-likeness (QED) is 0.700. The molecule has 1 atom stereocenters. The summed E-state index contributed by atoms with van der Waals surface area (Å²) in [6, 6.07) is 7.95. The average molecular weight is 363 g/mol. The number of imidazole rings is 1. The second-order valence-electron chi connectivity index (χ2n) is 7.17. The fourth-order valence-corrected chi connectivity index (χ4v) is 3.67. The molecule has 3 aromatic heterocycles. The lowest BCUT2D eigenvalue weighted by Crippen LogP contribution is -2.36. The summed E-state index contributed by atoms with van der Waals surface area (Å²) in [6.45, 7) is 5.08. The van der Waals surface area contributed by atoms with Gasteiger partial charge in [-0.1, -0.05) is 6.07 Å². The number of aromatic nitrogens is 5. The number of H-pyrrole nitrogens is 1. The van der Waals surface area contributed by atoms with Crippen LogP contribution in [0.5, 0.6) is 0 Å². The zero-order valence-electron chi connectivity index (χ0n) is 15.6. The van der Waals surface area contributed by atoms with Crippen molar-refractivity contribution in [2.45, 2.75) is 32.7 Å². The molecule has 27 heavy (non-hydrogen) atoms. The van der Waals surface area contributed by atoms with E-state index in [0.717, 1.165) is 54.9 Å². The van der Waals surface area contributed by atoms with E-state index in [1.165, 1.54) is 12.8 Å². The molecule has 7 nitrogen and oxygen atoms in total. The molecular formula is C20H25N7. The van der Waals surface area contributed by atoms with Gasteiger partial charge in [0.25, 0.3) is 0 Å². The molecule has 2 N–H and O–H groups in total. The number of rotatable bonds is 6. The Kier molecular flexibility index (Phi) is 5.39. The summed E-state index contributed by atoms with van der Waals surface area (Å²) >= 11 is 0. The number of aromatic amines is 1. The zero-order valence-corrected chi connectivity index (χ0v) is 15.6. The van der Waals surface area contributed by atoms with Crippen LogP contribution < -0.4 is 5.32 Å². The standard InChI is InChI=1S/C20H25N7/c1-15-4-2-6-18(25-15)26-19-11-17(23-14-24-19)10-16-5-3-9-27(12-16)13-20-21-7-8-22-20/h2,4,6-8,11,14,16H,3,5,9-10,12-13H2,1H3,(H,21,22)(H,23,24,25,26)/t16-/m1/s1. The van der Waals surface area contributed by atoms with E-state index in [4.69, 9.17) is 0 Å². The SMILES string of the molecule is Cc1cccc(Nc2cc(C[C@H]3CCCN(Cc4ncc[nH]4)C3)ncn2)n1. The van der Waals surface area contributed by atoms with Crippen LogP contribution in [0.4, 0.5) is 11.6 Å². The second kappa shape index (κ2) is 8.26. The van der Waals surface area contributed by atoms with Crippen LogP contribution in [0, 0.1) is 12.8 Å². The van der Waals surface area contributed by atoms with Crippen molar-refractivity contribution in [3.8, 4) is 0 Å². The van der Waals surface area contributed by atoms with Crippen LogP contribution in [-0.2, 0) is 13.0 Å². The second-order valence-corrected chi connectivity index (χ2v) is 7.17. The zero-order chi connectivity index (χ0) is 18.5. The number of likely N-dealkylation sites (tertiary alicyclic amines) is 1. The summed E-state index contributed by atoms with van der Waals surface area (Å²) in [5.41, 5.74) is 2.05. The molecular weight excluding hydrogens is 338 g/mol. The molecule has 0 radical (unpaired) electrons. The van der Waals surface area contributed by atoms with Crippen molar-refractivity contribution in [1.82, 2.24) is 29.8 Å². The molecule has 1 aliphatic rings. The van der Waals surface area contributed by atoms with Crippen LogP contribution in [0.2, 0.25) is 0 Å². The van der Waals surface area contributed by atoms with Crippen molar-refractivity contribution >= 4 is 11.6 Å². The van der Waals surface area contributed by atoms with E-state index in [0.29, 0.717) is 5.92 Å². The fourth-order valence-electron chi connectivity index (χ4n) is 3.67. The van der Waals surface area contributed by atoms with E-state index < -0.39 is 0 Å². The molecule has 0 saturated carbocycles. The first-order valence-corrected chi connectivity index (χ1v) is 9.47. The Morgan fingerprint density at radius 2 is 2.19 bits per heavy atom. The predicted molar refractivity (Wildman–Crippen MR) is 105 cm³/mol. The van der Waals surface area contributed by atoms with Crippen molar-refractivity contribution < 1.29 is 0 Å². The van der Waals surface area contributed by atoms with Crippen molar-refractivity contribution in [1.29, 1.82) is 0 Å². The molecule has 4 rings (SSSR count). The molecule has 0 bridgehead atoms. The first kappa shape index (κ1) is 17.6. The number of hydrogen-bond donors (Lipinski definition) is 2. The first-order valence-electron chi connectivity index (χ1n) is 9.47. The molecule has 0 spiro atoms. The van der Waals surface area contributed by atoms with Crippen LogP contribution in [0.3, 0.4) is 0 Å². The van der Waals surface area contributed by atoms with Gasteiger partial charge >= 0.3 is 0 Å². The molecule has 0 unspecified atom stereocenters. The number of aryl methyl sites for hydroxylation is 1. The maximum Gasteiger partial charge on any atom is 0.135 e. The smallest absolute Gasteiger partial charge is 0.135 e. The van der Waals surface area contributed by atoms with Crippen LogP contribution >= 0.6 is 0 Å². The highest BCUT2D eigenvalue weighted by molar-refractivity contribution is 5.51. The summed E-state index contributed by atoms with van der Waals surface area (Å²) in [5, 5.41) is 3.28. The van der Waals surface area contributed by atoms with Gasteiger partial charge in [0.1, 0.15) is 23.8 Å². The maximum absolute atomic E-state index is 4.48. The van der Waals surface area contributed by atoms with E-state index in [1.807, 2.05) is 43.6 Å². The third-order valence-corrected chi connectivity index (χ3v) is 4.90. The van der Waals surface area contributed by atoms with Gasteiger partial charge in [-0.25, -0.2) is 19.9 Å². The Bertz CT molecular complexity index is 862. The molecule has 1 aliphatic heterocycles. The summed E-state index contributed by atoms with van der Waals surface area (Å²) in [7, 11) is 0. The highest BCUT2D eigenvalue weighted by Gasteiger charge is 2.21.